The van der Waals surface area contributed by atoms with Crippen LogP contribution in [-0.2, 0) is 0 Å². The average molecular weight is 509 g/mol. The molecule has 0 saturated heterocycles. The topological polar surface area (TPSA) is 31.0 Å². The molecule has 0 amide bonds. The van der Waals surface area contributed by atoms with E-state index < -0.39 is 0 Å². The van der Waals surface area contributed by atoms with Crippen molar-refractivity contribution in [2.75, 3.05) is 0 Å². The normalized spacial score (nSPS) is 12.2. The second-order valence-electron chi connectivity index (χ2n) is 10.2. The van der Waals surface area contributed by atoms with Gasteiger partial charge in [-0.05, 0) is 66.1 Å². The van der Waals surface area contributed by atoms with Gasteiger partial charge in [0.2, 0.25) is 0 Å². The number of thiophene rings is 1. The van der Waals surface area contributed by atoms with Gasteiger partial charge in [0.1, 0.15) is 16.9 Å². The van der Waals surface area contributed by atoms with Gasteiger partial charge in [-0.3, -0.25) is 4.57 Å². The molecule has 4 heterocycles. The molecular formula is C34H24N2OS. The first kappa shape index (κ1) is 21.7. The van der Waals surface area contributed by atoms with E-state index in [1.54, 1.807) is 0 Å². The summed E-state index contributed by atoms with van der Waals surface area (Å²) >= 11 is 1.84. The molecule has 4 heteroatoms. The third-order valence-corrected chi connectivity index (χ3v) is 8.75. The summed E-state index contributed by atoms with van der Waals surface area (Å²) in [5.41, 5.74) is 7.38. The molecule has 3 nitrogen and oxygen atoms in total. The van der Waals surface area contributed by atoms with Gasteiger partial charge in [-0.2, -0.15) is 0 Å². The Morgan fingerprint density at radius 3 is 2.42 bits per heavy atom. The number of furan rings is 1. The number of nitrogens with zero attached hydrogens (tertiary/aromatic N) is 2. The summed E-state index contributed by atoms with van der Waals surface area (Å²) in [4.78, 5) is 5.24. The number of hydrogen-bond acceptors (Lipinski definition) is 3. The van der Waals surface area contributed by atoms with Crippen LogP contribution in [0.3, 0.4) is 0 Å². The van der Waals surface area contributed by atoms with E-state index in [1.165, 1.54) is 25.7 Å². The van der Waals surface area contributed by atoms with Gasteiger partial charge < -0.3 is 4.42 Å². The standard InChI is InChI=1S/C34H24N2OS/c1-20(2)21-14-16-24-28(19-21)36(33-25-9-3-5-11-29(25)37-34(24)33)32-13-7-10-27(35-32)22-15-17-31-26(18-22)23-8-4-6-12-30(23)38-31/h3-20H,1-2H3. The van der Waals surface area contributed by atoms with Crippen LogP contribution in [0.4, 0.5) is 0 Å². The molecule has 0 saturated carbocycles. The Morgan fingerprint density at radius 1 is 0.711 bits per heavy atom. The molecule has 0 spiro atoms. The van der Waals surface area contributed by atoms with Gasteiger partial charge in [-0.25, -0.2) is 4.98 Å². The third kappa shape index (κ3) is 3.10. The molecule has 0 unspecified atom stereocenters. The van der Waals surface area contributed by atoms with E-state index in [0.717, 1.165) is 50.0 Å². The monoisotopic (exact) mass is 508 g/mol. The minimum atomic E-state index is 0.428. The van der Waals surface area contributed by atoms with Crippen LogP contribution in [0.15, 0.2) is 108 Å². The van der Waals surface area contributed by atoms with Crippen molar-refractivity contribution >= 4 is 64.5 Å². The highest BCUT2D eigenvalue weighted by molar-refractivity contribution is 7.25. The fourth-order valence-corrected chi connectivity index (χ4v) is 6.76. The SMILES string of the molecule is CC(C)c1ccc2c3oc4ccccc4c3n(-c3cccc(-c4ccc5sc6ccccc6c5c4)n3)c2c1. The predicted molar refractivity (Wildman–Crippen MR) is 161 cm³/mol. The van der Waals surface area contributed by atoms with Gasteiger partial charge in [-0.15, -0.1) is 11.3 Å². The number of fused-ring (bicyclic) bond motifs is 8. The number of rotatable bonds is 3. The van der Waals surface area contributed by atoms with Gasteiger partial charge in [0.25, 0.3) is 0 Å². The quantitative estimate of drug-likeness (QED) is 0.238. The van der Waals surface area contributed by atoms with Crippen LogP contribution < -0.4 is 0 Å². The molecular weight excluding hydrogens is 484 g/mol. The Morgan fingerprint density at radius 2 is 1.53 bits per heavy atom. The molecule has 0 radical (unpaired) electrons. The van der Waals surface area contributed by atoms with Crippen molar-refractivity contribution < 1.29 is 4.42 Å². The van der Waals surface area contributed by atoms with Crippen molar-refractivity contribution in [3.63, 3.8) is 0 Å². The van der Waals surface area contributed by atoms with Crippen molar-refractivity contribution in [3.05, 3.63) is 109 Å². The van der Waals surface area contributed by atoms with Crippen LogP contribution in [0.5, 0.6) is 0 Å². The second kappa shape index (κ2) is 8.04. The zero-order valence-electron chi connectivity index (χ0n) is 21.1. The molecule has 4 aromatic carbocycles. The fourth-order valence-electron chi connectivity index (χ4n) is 5.67. The fraction of sp³-hybridized carbons (Fsp3) is 0.0882. The maximum atomic E-state index is 6.42. The minimum absolute atomic E-state index is 0.428. The van der Waals surface area contributed by atoms with E-state index in [1.807, 2.05) is 23.5 Å². The van der Waals surface area contributed by atoms with Crippen molar-refractivity contribution in [3.8, 4) is 17.1 Å². The first-order valence-corrected chi connectivity index (χ1v) is 13.8. The average Bonchev–Trinajstić information content (AvgIpc) is 3.61. The van der Waals surface area contributed by atoms with E-state index in [9.17, 15) is 0 Å². The summed E-state index contributed by atoms with van der Waals surface area (Å²) in [5, 5.41) is 4.79. The smallest absolute Gasteiger partial charge is 0.161 e. The van der Waals surface area contributed by atoms with Crippen molar-refractivity contribution in [1.29, 1.82) is 0 Å². The van der Waals surface area contributed by atoms with Gasteiger partial charge in [-0.1, -0.05) is 62.4 Å². The summed E-state index contributed by atoms with van der Waals surface area (Å²) in [5.74, 6) is 1.32. The van der Waals surface area contributed by atoms with Crippen molar-refractivity contribution in [1.82, 2.24) is 9.55 Å². The Balaban J connectivity index is 1.39. The minimum Gasteiger partial charge on any atom is -0.454 e. The number of para-hydroxylation sites is 1. The molecule has 0 aliphatic carbocycles. The summed E-state index contributed by atoms with van der Waals surface area (Å²) in [6.07, 6.45) is 0. The number of aromatic nitrogens is 2. The van der Waals surface area contributed by atoms with Crippen LogP contribution in [0, 0.1) is 0 Å². The number of benzene rings is 4. The lowest BCUT2D eigenvalue weighted by molar-refractivity contribution is 0.672. The Kier molecular flexibility index (Phi) is 4.58. The van der Waals surface area contributed by atoms with Gasteiger partial charge in [0.05, 0.1) is 11.2 Å². The van der Waals surface area contributed by atoms with E-state index in [0.29, 0.717) is 5.92 Å². The van der Waals surface area contributed by atoms with E-state index in [4.69, 9.17) is 9.40 Å². The Bertz CT molecular complexity index is 2180. The molecule has 0 N–H and O–H groups in total. The van der Waals surface area contributed by atoms with E-state index in [2.05, 4.69) is 109 Å². The molecule has 4 aromatic heterocycles. The largest absolute Gasteiger partial charge is 0.454 e. The highest BCUT2D eigenvalue weighted by Gasteiger charge is 2.21. The molecule has 0 fully saturated rings. The molecule has 8 rings (SSSR count). The third-order valence-electron chi connectivity index (χ3n) is 7.60. The van der Waals surface area contributed by atoms with Crippen LogP contribution >= 0.6 is 11.3 Å². The molecule has 38 heavy (non-hydrogen) atoms. The predicted octanol–water partition coefficient (Wildman–Crippen LogP) is 10.1. The first-order valence-electron chi connectivity index (χ1n) is 13.0. The maximum absolute atomic E-state index is 6.42. The van der Waals surface area contributed by atoms with Crippen LogP contribution in [0.2, 0.25) is 0 Å². The number of pyridine rings is 1. The van der Waals surface area contributed by atoms with Crippen molar-refractivity contribution in [2.45, 2.75) is 19.8 Å². The Labute approximate surface area is 223 Å². The zero-order chi connectivity index (χ0) is 25.4. The van der Waals surface area contributed by atoms with Crippen molar-refractivity contribution in [2.24, 2.45) is 0 Å². The second-order valence-corrected chi connectivity index (χ2v) is 11.3. The molecule has 182 valence electrons. The molecule has 0 atom stereocenters. The Hall–Kier alpha value is -4.41. The number of hydrogen-bond donors (Lipinski definition) is 0. The summed E-state index contributed by atoms with van der Waals surface area (Å²) < 4.78 is 11.3. The lowest BCUT2D eigenvalue weighted by Gasteiger charge is -2.11. The molecule has 0 aliphatic heterocycles. The van der Waals surface area contributed by atoms with Crippen LogP contribution in [0.1, 0.15) is 25.3 Å². The van der Waals surface area contributed by atoms with E-state index in [-0.39, 0.29) is 0 Å². The summed E-state index contributed by atoms with van der Waals surface area (Å²) in [6.45, 7) is 4.47. The summed E-state index contributed by atoms with van der Waals surface area (Å²) in [7, 11) is 0. The first-order chi connectivity index (χ1) is 18.7. The highest BCUT2D eigenvalue weighted by Crippen LogP contribution is 2.40. The van der Waals surface area contributed by atoms with E-state index >= 15 is 0 Å². The van der Waals surface area contributed by atoms with Gasteiger partial charge in [0, 0.05) is 36.5 Å². The van der Waals surface area contributed by atoms with Crippen LogP contribution in [-0.4, -0.2) is 9.55 Å². The molecule has 0 aliphatic rings. The van der Waals surface area contributed by atoms with Gasteiger partial charge >= 0.3 is 0 Å². The molecule has 0 bridgehead atoms. The zero-order valence-corrected chi connectivity index (χ0v) is 21.9. The summed E-state index contributed by atoms with van der Waals surface area (Å²) in [6, 6.07) is 36.6. The lowest BCUT2D eigenvalue weighted by atomic mass is 10.0. The molecule has 8 aromatic rings. The van der Waals surface area contributed by atoms with Gasteiger partial charge in [0.15, 0.2) is 5.58 Å². The lowest BCUT2D eigenvalue weighted by Crippen LogP contribution is -1.99. The maximum Gasteiger partial charge on any atom is 0.161 e. The van der Waals surface area contributed by atoms with Crippen LogP contribution in [0.25, 0.3) is 70.2 Å². The highest BCUT2D eigenvalue weighted by atomic mass is 32.1.